The van der Waals surface area contributed by atoms with E-state index in [9.17, 15) is 0 Å². The van der Waals surface area contributed by atoms with E-state index >= 15 is 0 Å². The van der Waals surface area contributed by atoms with Crippen LogP contribution in [0.4, 0.5) is 0 Å². The van der Waals surface area contributed by atoms with E-state index in [0.29, 0.717) is 0 Å². The van der Waals surface area contributed by atoms with Gasteiger partial charge in [0.15, 0.2) is 0 Å². The first-order chi connectivity index (χ1) is 8.77. The lowest BCUT2D eigenvalue weighted by molar-refractivity contribution is 0.861. The summed E-state index contributed by atoms with van der Waals surface area (Å²) in [6.45, 7) is 0. The molecule has 2 nitrogen and oxygen atoms in total. The number of aromatic nitrogens is 1. The van der Waals surface area contributed by atoms with E-state index in [1.165, 1.54) is 16.5 Å². The van der Waals surface area contributed by atoms with Crippen molar-refractivity contribution in [3.8, 4) is 0 Å². The number of rotatable bonds is 2. The predicted molar refractivity (Wildman–Crippen MR) is 75.4 cm³/mol. The Morgan fingerprint density at radius 2 is 1.61 bits per heavy atom. The van der Waals surface area contributed by atoms with Gasteiger partial charge in [-0.05, 0) is 17.2 Å². The van der Waals surface area contributed by atoms with E-state index in [0.717, 1.165) is 5.56 Å². The fraction of sp³-hybridized carbons (Fsp3) is 0.125. The van der Waals surface area contributed by atoms with Crippen molar-refractivity contribution in [3.05, 3.63) is 71.9 Å². The highest BCUT2D eigenvalue weighted by atomic mass is 14.9. The van der Waals surface area contributed by atoms with Crippen LogP contribution in [0.5, 0.6) is 0 Å². The first kappa shape index (κ1) is 11.1. The van der Waals surface area contributed by atoms with Crippen LogP contribution in [0, 0.1) is 0 Å². The van der Waals surface area contributed by atoms with Gasteiger partial charge in [-0.3, -0.25) is 0 Å². The highest BCUT2D eigenvalue weighted by molar-refractivity contribution is 5.84. The zero-order valence-electron chi connectivity index (χ0n) is 10.4. The lowest BCUT2D eigenvalue weighted by Crippen LogP contribution is -2.11. The van der Waals surface area contributed by atoms with Gasteiger partial charge in [0, 0.05) is 24.1 Å². The van der Waals surface area contributed by atoms with Crippen LogP contribution in [0.2, 0.25) is 0 Å². The molecule has 0 amide bonds. The average Bonchev–Trinajstić information content (AvgIpc) is 2.77. The van der Waals surface area contributed by atoms with Crippen molar-refractivity contribution in [1.29, 1.82) is 0 Å². The van der Waals surface area contributed by atoms with Crippen molar-refractivity contribution >= 4 is 10.9 Å². The van der Waals surface area contributed by atoms with E-state index in [1.54, 1.807) is 0 Å². The van der Waals surface area contributed by atoms with Gasteiger partial charge in [0.25, 0.3) is 0 Å². The summed E-state index contributed by atoms with van der Waals surface area (Å²) in [5.41, 5.74) is 9.93. The van der Waals surface area contributed by atoms with E-state index in [4.69, 9.17) is 5.73 Å². The largest absolute Gasteiger partial charge is 0.350 e. The van der Waals surface area contributed by atoms with Crippen molar-refractivity contribution in [2.24, 2.45) is 12.8 Å². The standard InChI is InChI=1S/C16H16N2/c1-18-11-14(13-9-5-6-10-15(13)18)16(17)12-7-3-2-4-8-12/h2-11,16H,17H2,1H3. The molecule has 0 saturated heterocycles. The van der Waals surface area contributed by atoms with Gasteiger partial charge in [0.2, 0.25) is 0 Å². The summed E-state index contributed by atoms with van der Waals surface area (Å²) in [6.07, 6.45) is 2.13. The summed E-state index contributed by atoms with van der Waals surface area (Å²) in [5.74, 6) is 0. The lowest BCUT2D eigenvalue weighted by atomic mass is 9.99. The quantitative estimate of drug-likeness (QED) is 0.727. The zero-order chi connectivity index (χ0) is 12.5. The van der Waals surface area contributed by atoms with Gasteiger partial charge >= 0.3 is 0 Å². The summed E-state index contributed by atoms with van der Waals surface area (Å²) in [7, 11) is 2.06. The highest BCUT2D eigenvalue weighted by Gasteiger charge is 2.14. The number of fused-ring (bicyclic) bond motifs is 1. The number of hydrogen-bond donors (Lipinski definition) is 1. The molecule has 1 heterocycles. The van der Waals surface area contributed by atoms with Crippen LogP contribution in [0.1, 0.15) is 17.2 Å². The van der Waals surface area contributed by atoms with Gasteiger partial charge in [-0.2, -0.15) is 0 Å². The molecule has 3 rings (SSSR count). The Bertz CT molecular complexity index is 668. The first-order valence-electron chi connectivity index (χ1n) is 6.12. The molecule has 0 aliphatic rings. The third-order valence-electron chi connectivity index (χ3n) is 3.42. The van der Waals surface area contributed by atoms with Gasteiger partial charge in [0.05, 0.1) is 6.04 Å². The van der Waals surface area contributed by atoms with Crippen molar-refractivity contribution in [1.82, 2.24) is 4.57 Å². The maximum absolute atomic E-state index is 6.38. The maximum Gasteiger partial charge on any atom is 0.0572 e. The molecule has 3 aromatic rings. The van der Waals surface area contributed by atoms with Gasteiger partial charge in [-0.1, -0.05) is 48.5 Å². The smallest absolute Gasteiger partial charge is 0.0572 e. The van der Waals surface area contributed by atoms with Crippen LogP contribution < -0.4 is 5.73 Å². The average molecular weight is 236 g/mol. The molecule has 1 aromatic heterocycles. The second kappa shape index (κ2) is 4.31. The molecule has 2 heteroatoms. The minimum absolute atomic E-state index is 0.0719. The van der Waals surface area contributed by atoms with Crippen LogP contribution in [0.15, 0.2) is 60.8 Å². The molecule has 0 aliphatic heterocycles. The fourth-order valence-corrected chi connectivity index (χ4v) is 2.46. The SMILES string of the molecule is Cn1cc(C(N)c2ccccc2)c2ccccc21. The molecule has 0 radical (unpaired) electrons. The van der Waals surface area contributed by atoms with Gasteiger partial charge in [-0.25, -0.2) is 0 Å². The van der Waals surface area contributed by atoms with E-state index in [-0.39, 0.29) is 6.04 Å². The monoisotopic (exact) mass is 236 g/mol. The third-order valence-corrected chi connectivity index (χ3v) is 3.42. The van der Waals surface area contributed by atoms with Crippen LogP contribution in [-0.4, -0.2) is 4.57 Å². The van der Waals surface area contributed by atoms with Crippen molar-refractivity contribution in [2.75, 3.05) is 0 Å². The molecule has 2 N–H and O–H groups in total. The second-order valence-corrected chi connectivity index (χ2v) is 4.60. The molecule has 0 bridgehead atoms. The fourth-order valence-electron chi connectivity index (χ4n) is 2.46. The third kappa shape index (κ3) is 1.71. The van der Waals surface area contributed by atoms with Gasteiger partial charge < -0.3 is 10.3 Å². The molecule has 1 unspecified atom stereocenters. The van der Waals surface area contributed by atoms with Crippen LogP contribution in [0.3, 0.4) is 0 Å². The molecule has 18 heavy (non-hydrogen) atoms. The predicted octanol–water partition coefficient (Wildman–Crippen LogP) is 3.23. The summed E-state index contributed by atoms with van der Waals surface area (Å²) in [5, 5.41) is 1.23. The Kier molecular flexibility index (Phi) is 2.65. The molecule has 2 aromatic carbocycles. The summed E-state index contributed by atoms with van der Waals surface area (Å²) >= 11 is 0. The minimum Gasteiger partial charge on any atom is -0.350 e. The number of hydrogen-bond acceptors (Lipinski definition) is 1. The van der Waals surface area contributed by atoms with Crippen LogP contribution in [0.25, 0.3) is 10.9 Å². The highest BCUT2D eigenvalue weighted by Crippen LogP contribution is 2.28. The maximum atomic E-state index is 6.38. The van der Waals surface area contributed by atoms with Crippen LogP contribution >= 0.6 is 0 Å². The number of para-hydroxylation sites is 1. The molecular formula is C16H16N2. The van der Waals surface area contributed by atoms with E-state index in [2.05, 4.69) is 54.2 Å². The molecule has 0 fully saturated rings. The summed E-state index contributed by atoms with van der Waals surface area (Å²) < 4.78 is 2.13. The van der Waals surface area contributed by atoms with Crippen molar-refractivity contribution in [3.63, 3.8) is 0 Å². The number of nitrogens with two attached hydrogens (primary N) is 1. The Hall–Kier alpha value is -2.06. The molecular weight excluding hydrogens is 220 g/mol. The second-order valence-electron chi connectivity index (χ2n) is 4.60. The Morgan fingerprint density at radius 1 is 0.944 bits per heavy atom. The number of benzene rings is 2. The van der Waals surface area contributed by atoms with Crippen molar-refractivity contribution in [2.45, 2.75) is 6.04 Å². The molecule has 0 aliphatic carbocycles. The normalized spacial score (nSPS) is 12.8. The van der Waals surface area contributed by atoms with Crippen molar-refractivity contribution < 1.29 is 0 Å². The van der Waals surface area contributed by atoms with Gasteiger partial charge in [-0.15, -0.1) is 0 Å². The lowest BCUT2D eigenvalue weighted by Gasteiger charge is -2.10. The molecule has 0 saturated carbocycles. The zero-order valence-corrected chi connectivity index (χ0v) is 10.4. The number of nitrogens with zero attached hydrogens (tertiary/aromatic N) is 1. The number of aryl methyl sites for hydroxylation is 1. The molecule has 1 atom stereocenters. The Labute approximate surface area is 107 Å². The Balaban J connectivity index is 2.15. The van der Waals surface area contributed by atoms with Crippen LogP contribution in [-0.2, 0) is 7.05 Å². The molecule has 90 valence electrons. The summed E-state index contributed by atoms with van der Waals surface area (Å²) in [4.78, 5) is 0. The van der Waals surface area contributed by atoms with Gasteiger partial charge in [0.1, 0.15) is 0 Å². The first-order valence-corrected chi connectivity index (χ1v) is 6.12. The topological polar surface area (TPSA) is 30.9 Å². The van der Waals surface area contributed by atoms with E-state index in [1.807, 2.05) is 18.2 Å². The Morgan fingerprint density at radius 3 is 2.39 bits per heavy atom. The summed E-state index contributed by atoms with van der Waals surface area (Å²) in [6, 6.07) is 18.5. The minimum atomic E-state index is -0.0719. The molecule has 0 spiro atoms. The van der Waals surface area contributed by atoms with E-state index < -0.39 is 0 Å².